The first-order valence-corrected chi connectivity index (χ1v) is 11.3. The average Bonchev–Trinajstić information content (AvgIpc) is 3.15. The highest BCUT2D eigenvalue weighted by Gasteiger charge is 2.47. The molecule has 2 aliphatic rings. The predicted molar refractivity (Wildman–Crippen MR) is 122 cm³/mol. The van der Waals surface area contributed by atoms with Gasteiger partial charge in [-0.15, -0.1) is 0 Å². The van der Waals surface area contributed by atoms with Gasteiger partial charge in [0.05, 0.1) is 12.6 Å². The maximum absolute atomic E-state index is 13.5. The number of benzene rings is 2. The highest BCUT2D eigenvalue weighted by atomic mass is 16.2. The summed E-state index contributed by atoms with van der Waals surface area (Å²) in [5, 5.41) is 1.15. The first-order valence-electron chi connectivity index (χ1n) is 11.3. The Labute approximate surface area is 183 Å². The van der Waals surface area contributed by atoms with E-state index >= 15 is 0 Å². The number of piperazine rings is 1. The topological polar surface area (TPSA) is 56.4 Å². The van der Waals surface area contributed by atoms with Crippen LogP contribution in [-0.4, -0.2) is 45.7 Å². The summed E-state index contributed by atoms with van der Waals surface area (Å²) in [4.78, 5) is 34.1. The number of H-pyrrole nitrogens is 1. The minimum Gasteiger partial charge on any atom is -0.356 e. The number of hydrogen-bond donors (Lipinski definition) is 1. The van der Waals surface area contributed by atoms with E-state index in [1.165, 1.54) is 11.1 Å². The van der Waals surface area contributed by atoms with Crippen LogP contribution in [0.3, 0.4) is 0 Å². The number of para-hydroxylation sites is 1. The van der Waals surface area contributed by atoms with E-state index in [-0.39, 0.29) is 24.4 Å². The number of fused-ring (bicyclic) bond motifs is 4. The smallest absolute Gasteiger partial charge is 0.246 e. The number of nitrogens with one attached hydrogen (secondary N) is 1. The molecule has 0 spiro atoms. The molecule has 31 heavy (non-hydrogen) atoms. The summed E-state index contributed by atoms with van der Waals surface area (Å²) in [5.41, 5.74) is 5.49. The Balaban J connectivity index is 1.61. The predicted octanol–water partition coefficient (Wildman–Crippen LogP) is 4.35. The summed E-state index contributed by atoms with van der Waals surface area (Å²) in [6.07, 6.45) is 3.68. The number of amides is 2. The minimum atomic E-state index is -0.444. The van der Waals surface area contributed by atoms with E-state index in [1.54, 1.807) is 4.90 Å². The zero-order valence-corrected chi connectivity index (χ0v) is 18.2. The Bertz CT molecular complexity index is 1130. The van der Waals surface area contributed by atoms with Gasteiger partial charge >= 0.3 is 0 Å². The van der Waals surface area contributed by atoms with Gasteiger partial charge in [0.1, 0.15) is 6.04 Å². The van der Waals surface area contributed by atoms with Crippen molar-refractivity contribution in [3.05, 3.63) is 70.9 Å². The van der Waals surface area contributed by atoms with Crippen molar-refractivity contribution in [1.82, 2.24) is 14.8 Å². The quantitative estimate of drug-likeness (QED) is 0.630. The van der Waals surface area contributed by atoms with Crippen LogP contribution in [-0.2, 0) is 16.0 Å². The Morgan fingerprint density at radius 1 is 1.03 bits per heavy atom. The van der Waals surface area contributed by atoms with Crippen LogP contribution in [0.15, 0.2) is 48.5 Å². The number of nitrogens with zero attached hydrogens (tertiary/aromatic N) is 2. The molecule has 1 N–H and O–H groups in total. The average molecular weight is 416 g/mol. The van der Waals surface area contributed by atoms with E-state index < -0.39 is 6.04 Å². The second kappa shape index (κ2) is 7.88. The normalized spacial score (nSPS) is 20.8. The van der Waals surface area contributed by atoms with E-state index in [0.717, 1.165) is 41.4 Å². The summed E-state index contributed by atoms with van der Waals surface area (Å²) < 4.78 is 0. The van der Waals surface area contributed by atoms with E-state index in [9.17, 15) is 9.59 Å². The lowest BCUT2D eigenvalue weighted by Gasteiger charge is -2.47. The summed E-state index contributed by atoms with van der Waals surface area (Å²) in [6, 6.07) is 15.9. The fourth-order valence-corrected chi connectivity index (χ4v) is 5.16. The highest BCUT2D eigenvalue weighted by molar-refractivity contribution is 5.97. The van der Waals surface area contributed by atoms with Crippen molar-refractivity contribution >= 4 is 22.7 Å². The van der Waals surface area contributed by atoms with Gasteiger partial charge in [-0.05, 0) is 30.5 Å². The van der Waals surface area contributed by atoms with Crippen molar-refractivity contribution in [3.8, 4) is 0 Å². The van der Waals surface area contributed by atoms with Crippen LogP contribution in [0.1, 0.15) is 54.6 Å². The van der Waals surface area contributed by atoms with Gasteiger partial charge in [0, 0.05) is 29.6 Å². The van der Waals surface area contributed by atoms with Crippen LogP contribution in [0.2, 0.25) is 0 Å². The second-order valence-electron chi connectivity index (χ2n) is 8.86. The third kappa shape index (κ3) is 3.32. The van der Waals surface area contributed by atoms with Gasteiger partial charge in [0.15, 0.2) is 0 Å². The Morgan fingerprint density at radius 3 is 2.58 bits per heavy atom. The molecule has 2 amide bonds. The third-order valence-corrected chi connectivity index (χ3v) is 6.77. The molecule has 0 saturated carbocycles. The van der Waals surface area contributed by atoms with Crippen molar-refractivity contribution in [1.29, 1.82) is 0 Å². The number of carbonyl (C=O) groups is 2. The van der Waals surface area contributed by atoms with Crippen LogP contribution < -0.4 is 0 Å². The highest BCUT2D eigenvalue weighted by Crippen LogP contribution is 2.42. The summed E-state index contributed by atoms with van der Waals surface area (Å²) in [5.74, 6) is 0.125. The van der Waals surface area contributed by atoms with Gasteiger partial charge in [0.25, 0.3) is 0 Å². The zero-order valence-electron chi connectivity index (χ0n) is 18.2. The third-order valence-electron chi connectivity index (χ3n) is 6.77. The van der Waals surface area contributed by atoms with E-state index in [1.807, 2.05) is 17.0 Å². The van der Waals surface area contributed by atoms with E-state index in [0.29, 0.717) is 13.0 Å². The molecule has 3 aromatic rings. The largest absolute Gasteiger partial charge is 0.356 e. The molecule has 160 valence electrons. The molecule has 5 rings (SSSR count). The van der Waals surface area contributed by atoms with Crippen LogP contribution in [0.25, 0.3) is 10.9 Å². The fourth-order valence-electron chi connectivity index (χ4n) is 5.16. The zero-order chi connectivity index (χ0) is 21.5. The fraction of sp³-hybridized carbons (Fsp3) is 0.385. The maximum Gasteiger partial charge on any atom is 0.246 e. The molecule has 3 heterocycles. The summed E-state index contributed by atoms with van der Waals surface area (Å²) >= 11 is 0. The van der Waals surface area contributed by atoms with Gasteiger partial charge in [-0.25, -0.2) is 0 Å². The number of hydrogen-bond acceptors (Lipinski definition) is 2. The van der Waals surface area contributed by atoms with Crippen molar-refractivity contribution in [2.24, 2.45) is 0 Å². The van der Waals surface area contributed by atoms with Crippen LogP contribution in [0.5, 0.6) is 0 Å². The monoisotopic (exact) mass is 415 g/mol. The lowest BCUT2D eigenvalue weighted by molar-refractivity contribution is -0.158. The molecule has 2 aliphatic heterocycles. The number of carbonyl (C=O) groups excluding carboxylic acids is 2. The minimum absolute atomic E-state index is 0.0379. The van der Waals surface area contributed by atoms with Gasteiger partial charge in [-0.3, -0.25) is 9.59 Å². The lowest BCUT2D eigenvalue weighted by Crippen LogP contribution is -2.63. The van der Waals surface area contributed by atoms with Crippen LogP contribution in [0.4, 0.5) is 0 Å². The Hall–Kier alpha value is -3.08. The molecule has 2 aromatic carbocycles. The van der Waals surface area contributed by atoms with E-state index in [4.69, 9.17) is 0 Å². The van der Waals surface area contributed by atoms with Crippen LogP contribution >= 0.6 is 0 Å². The standard InChI is InChI=1S/C26H29N3O2/c1-3-4-7-14-28-16-23(30)29-22(26(28)31)15-20-19-8-5-6-9-21(19)27-24(20)25(29)18-12-10-17(2)11-13-18/h5-6,8-13,22,25,27H,3-4,7,14-16H2,1-2H3/t22-,25-/m0/s1. The first-order chi connectivity index (χ1) is 15.1. The summed E-state index contributed by atoms with van der Waals surface area (Å²) in [7, 11) is 0. The molecular weight excluding hydrogens is 386 g/mol. The molecule has 0 unspecified atom stereocenters. The van der Waals surface area contributed by atoms with Crippen molar-refractivity contribution in [2.45, 2.75) is 51.6 Å². The second-order valence-corrected chi connectivity index (χ2v) is 8.86. The SMILES string of the molecule is CCCCCN1CC(=O)N2[C@@H](c3ccc(C)cc3)c3[nH]c4ccccc4c3C[C@H]2C1=O. The van der Waals surface area contributed by atoms with Gasteiger partial charge in [-0.2, -0.15) is 0 Å². The molecule has 1 aromatic heterocycles. The van der Waals surface area contributed by atoms with Gasteiger partial charge < -0.3 is 14.8 Å². The number of rotatable bonds is 5. The van der Waals surface area contributed by atoms with Crippen molar-refractivity contribution in [2.75, 3.05) is 13.1 Å². The molecule has 0 bridgehead atoms. The summed E-state index contributed by atoms with van der Waals surface area (Å²) in [6.45, 7) is 5.05. The number of unbranched alkanes of at least 4 members (excludes halogenated alkanes) is 2. The molecule has 5 heteroatoms. The molecule has 0 aliphatic carbocycles. The number of aromatic nitrogens is 1. The Morgan fingerprint density at radius 2 is 1.81 bits per heavy atom. The molecule has 5 nitrogen and oxygen atoms in total. The Kier molecular flexibility index (Phi) is 5.05. The van der Waals surface area contributed by atoms with Crippen molar-refractivity contribution < 1.29 is 9.59 Å². The first kappa shape index (κ1) is 19.9. The maximum atomic E-state index is 13.5. The van der Waals surface area contributed by atoms with Crippen LogP contribution in [0, 0.1) is 6.92 Å². The van der Waals surface area contributed by atoms with Gasteiger partial charge in [0.2, 0.25) is 11.8 Å². The van der Waals surface area contributed by atoms with E-state index in [2.05, 4.69) is 55.2 Å². The lowest BCUT2D eigenvalue weighted by atomic mass is 9.86. The molecular formula is C26H29N3O2. The number of aryl methyl sites for hydroxylation is 1. The molecule has 0 radical (unpaired) electrons. The number of aromatic amines is 1. The molecule has 2 atom stereocenters. The molecule has 1 fully saturated rings. The van der Waals surface area contributed by atoms with Gasteiger partial charge in [-0.1, -0.05) is 67.8 Å². The molecule has 1 saturated heterocycles. The van der Waals surface area contributed by atoms with Crippen molar-refractivity contribution in [3.63, 3.8) is 0 Å².